The number of anilines is 2. The summed E-state index contributed by atoms with van der Waals surface area (Å²) in [6, 6.07) is 16.7. The molecule has 6 heteroatoms. The summed E-state index contributed by atoms with van der Waals surface area (Å²) in [7, 11) is 0. The van der Waals surface area contributed by atoms with Gasteiger partial charge < -0.3 is 15.0 Å². The molecule has 3 rings (SSSR count). The maximum atomic E-state index is 12.5. The molecule has 0 saturated heterocycles. The molecule has 0 radical (unpaired) electrons. The zero-order chi connectivity index (χ0) is 19.9. The van der Waals surface area contributed by atoms with E-state index in [1.54, 1.807) is 11.1 Å². The second-order valence-corrected chi connectivity index (χ2v) is 6.28. The van der Waals surface area contributed by atoms with Gasteiger partial charge in [0.25, 0.3) is 0 Å². The number of benzene rings is 2. The number of pyridine rings is 1. The van der Waals surface area contributed by atoms with Crippen molar-refractivity contribution < 1.29 is 14.3 Å². The van der Waals surface area contributed by atoms with Crippen LogP contribution in [0.2, 0.25) is 0 Å². The van der Waals surface area contributed by atoms with Gasteiger partial charge in [0.2, 0.25) is 11.8 Å². The summed E-state index contributed by atoms with van der Waals surface area (Å²) in [6.45, 7) is 4.27. The fraction of sp³-hybridized carbons (Fsp3) is 0.227. The molecule has 0 spiro atoms. The minimum absolute atomic E-state index is 0.121. The predicted molar refractivity (Wildman–Crippen MR) is 111 cm³/mol. The molecule has 1 aromatic heterocycles. The number of rotatable bonds is 7. The molecule has 0 aliphatic heterocycles. The van der Waals surface area contributed by atoms with Crippen LogP contribution in [-0.2, 0) is 9.59 Å². The van der Waals surface area contributed by atoms with Crippen molar-refractivity contribution in [3.05, 3.63) is 60.8 Å². The van der Waals surface area contributed by atoms with E-state index in [9.17, 15) is 9.59 Å². The first kappa shape index (κ1) is 19.4. The van der Waals surface area contributed by atoms with Crippen LogP contribution in [0.25, 0.3) is 10.9 Å². The summed E-state index contributed by atoms with van der Waals surface area (Å²) in [5.41, 5.74) is 2.14. The van der Waals surface area contributed by atoms with Crippen LogP contribution in [0.4, 0.5) is 11.4 Å². The second-order valence-electron chi connectivity index (χ2n) is 6.28. The third-order valence-corrected chi connectivity index (χ3v) is 4.31. The van der Waals surface area contributed by atoms with Gasteiger partial charge in [-0.2, -0.15) is 0 Å². The molecule has 0 aliphatic carbocycles. The Morgan fingerprint density at radius 2 is 1.82 bits per heavy atom. The normalized spacial score (nSPS) is 10.5. The predicted octanol–water partition coefficient (Wildman–Crippen LogP) is 4.02. The van der Waals surface area contributed by atoms with Gasteiger partial charge in [-0.05, 0) is 43.3 Å². The summed E-state index contributed by atoms with van der Waals surface area (Å²) >= 11 is 0. The van der Waals surface area contributed by atoms with Crippen molar-refractivity contribution >= 4 is 34.1 Å². The Labute approximate surface area is 164 Å². The third-order valence-electron chi connectivity index (χ3n) is 4.31. The first-order valence-corrected chi connectivity index (χ1v) is 9.23. The van der Waals surface area contributed by atoms with Gasteiger partial charge >= 0.3 is 0 Å². The molecule has 2 amide bonds. The average Bonchev–Trinajstić information content (AvgIpc) is 2.69. The van der Waals surface area contributed by atoms with E-state index >= 15 is 0 Å². The Morgan fingerprint density at radius 3 is 2.54 bits per heavy atom. The summed E-state index contributed by atoms with van der Waals surface area (Å²) < 4.78 is 5.43. The summed E-state index contributed by atoms with van der Waals surface area (Å²) in [6.07, 6.45) is 1.87. The van der Waals surface area contributed by atoms with Crippen molar-refractivity contribution in [1.29, 1.82) is 0 Å². The second kappa shape index (κ2) is 8.99. The molecule has 3 aromatic rings. The number of fused-ring (bicyclic) bond motifs is 1. The molecule has 1 heterocycles. The molecule has 0 fully saturated rings. The Bertz CT molecular complexity index is 965. The summed E-state index contributed by atoms with van der Waals surface area (Å²) in [5.74, 6) is 0.454. The number of carbonyl (C=O) groups excluding carboxylic acids is 2. The van der Waals surface area contributed by atoms with E-state index in [0.29, 0.717) is 12.3 Å². The van der Waals surface area contributed by atoms with Crippen molar-refractivity contribution in [2.75, 3.05) is 23.4 Å². The van der Waals surface area contributed by atoms with Crippen molar-refractivity contribution in [3.63, 3.8) is 0 Å². The average molecular weight is 377 g/mol. The smallest absolute Gasteiger partial charge is 0.226 e. The molecule has 28 heavy (non-hydrogen) atoms. The van der Waals surface area contributed by atoms with Gasteiger partial charge in [-0.15, -0.1) is 0 Å². The van der Waals surface area contributed by atoms with Crippen molar-refractivity contribution in [3.8, 4) is 5.75 Å². The molecule has 2 aromatic carbocycles. The maximum absolute atomic E-state index is 12.5. The Morgan fingerprint density at radius 1 is 1.07 bits per heavy atom. The van der Waals surface area contributed by atoms with Gasteiger partial charge in [-0.25, -0.2) is 0 Å². The molecule has 0 unspecified atom stereocenters. The van der Waals surface area contributed by atoms with Gasteiger partial charge in [0.1, 0.15) is 5.75 Å². The van der Waals surface area contributed by atoms with Gasteiger partial charge in [0.05, 0.1) is 17.8 Å². The number of nitrogens with one attached hydrogen (secondary N) is 1. The van der Waals surface area contributed by atoms with Crippen molar-refractivity contribution in [2.24, 2.45) is 0 Å². The molecule has 0 aliphatic rings. The molecule has 6 nitrogen and oxygen atoms in total. The van der Waals surface area contributed by atoms with Crippen molar-refractivity contribution in [2.45, 2.75) is 20.3 Å². The Balaban J connectivity index is 1.66. The number of hydrogen-bond donors (Lipinski definition) is 1. The Kier molecular flexibility index (Phi) is 6.22. The van der Waals surface area contributed by atoms with Crippen LogP contribution < -0.4 is 15.0 Å². The lowest BCUT2D eigenvalue weighted by atomic mass is 10.2. The summed E-state index contributed by atoms with van der Waals surface area (Å²) in [4.78, 5) is 30.4. The van der Waals surface area contributed by atoms with E-state index < -0.39 is 0 Å². The molecular formula is C22H23N3O3. The lowest BCUT2D eigenvalue weighted by Gasteiger charge is -2.21. The van der Waals surface area contributed by atoms with Crippen LogP contribution in [0.5, 0.6) is 5.75 Å². The highest BCUT2D eigenvalue weighted by Crippen LogP contribution is 2.22. The van der Waals surface area contributed by atoms with Crippen LogP contribution in [-0.4, -0.2) is 29.9 Å². The standard InChI is InChI=1S/C22H23N3O3/c1-3-28-19-11-9-18(10-12-19)25(16(2)26)15-13-21(27)24-20-8-4-6-17-7-5-14-23-22(17)20/h4-12,14H,3,13,15H2,1-2H3,(H,24,27). The third kappa shape index (κ3) is 4.65. The van der Waals surface area contributed by atoms with E-state index in [4.69, 9.17) is 4.74 Å². The molecule has 0 atom stereocenters. The number of para-hydroxylation sites is 1. The largest absolute Gasteiger partial charge is 0.494 e. The fourth-order valence-corrected chi connectivity index (χ4v) is 2.99. The number of carbonyl (C=O) groups is 2. The van der Waals surface area contributed by atoms with E-state index in [1.807, 2.05) is 61.5 Å². The lowest BCUT2D eigenvalue weighted by molar-refractivity contribution is -0.117. The van der Waals surface area contributed by atoms with Gasteiger partial charge in [-0.3, -0.25) is 14.6 Å². The zero-order valence-corrected chi connectivity index (χ0v) is 16.0. The highest BCUT2D eigenvalue weighted by molar-refractivity contribution is 6.01. The first-order chi connectivity index (χ1) is 13.6. The monoisotopic (exact) mass is 377 g/mol. The van der Waals surface area contributed by atoms with Gasteiger partial charge in [0.15, 0.2) is 0 Å². The maximum Gasteiger partial charge on any atom is 0.226 e. The zero-order valence-electron chi connectivity index (χ0n) is 16.0. The Hall–Kier alpha value is -3.41. The number of amides is 2. The molecule has 1 N–H and O–H groups in total. The molecule has 0 saturated carbocycles. The van der Waals surface area contributed by atoms with Crippen LogP contribution in [0.1, 0.15) is 20.3 Å². The molecule has 0 bridgehead atoms. The molecule has 144 valence electrons. The van der Waals surface area contributed by atoms with E-state index in [2.05, 4.69) is 10.3 Å². The quantitative estimate of drug-likeness (QED) is 0.675. The van der Waals surface area contributed by atoms with E-state index in [-0.39, 0.29) is 24.8 Å². The number of hydrogen-bond acceptors (Lipinski definition) is 4. The van der Waals surface area contributed by atoms with Crippen LogP contribution in [0.3, 0.4) is 0 Å². The molecular weight excluding hydrogens is 354 g/mol. The van der Waals surface area contributed by atoms with Crippen LogP contribution >= 0.6 is 0 Å². The van der Waals surface area contributed by atoms with Gasteiger partial charge in [0, 0.05) is 37.2 Å². The van der Waals surface area contributed by atoms with Crippen molar-refractivity contribution in [1.82, 2.24) is 4.98 Å². The topological polar surface area (TPSA) is 71.5 Å². The highest BCUT2D eigenvalue weighted by Gasteiger charge is 2.14. The SMILES string of the molecule is CCOc1ccc(N(CCC(=O)Nc2cccc3cccnc23)C(C)=O)cc1. The minimum Gasteiger partial charge on any atom is -0.494 e. The number of nitrogens with zero attached hydrogens (tertiary/aromatic N) is 2. The van der Waals surface area contributed by atoms with Crippen LogP contribution in [0.15, 0.2) is 60.8 Å². The highest BCUT2D eigenvalue weighted by atomic mass is 16.5. The number of ether oxygens (including phenoxy) is 1. The van der Waals surface area contributed by atoms with E-state index in [1.165, 1.54) is 6.92 Å². The van der Waals surface area contributed by atoms with Gasteiger partial charge in [-0.1, -0.05) is 18.2 Å². The minimum atomic E-state index is -0.171. The first-order valence-electron chi connectivity index (χ1n) is 9.23. The van der Waals surface area contributed by atoms with E-state index in [0.717, 1.165) is 22.3 Å². The van der Waals surface area contributed by atoms with Crippen LogP contribution in [0, 0.1) is 0 Å². The summed E-state index contributed by atoms with van der Waals surface area (Å²) in [5, 5.41) is 3.86. The number of aromatic nitrogens is 1. The lowest BCUT2D eigenvalue weighted by Crippen LogP contribution is -2.31. The fourth-order valence-electron chi connectivity index (χ4n) is 2.99.